The van der Waals surface area contributed by atoms with Gasteiger partial charge in [0.15, 0.2) is 0 Å². The molecule has 8 heteroatoms. The van der Waals surface area contributed by atoms with E-state index in [9.17, 15) is 9.18 Å². The van der Waals surface area contributed by atoms with Gasteiger partial charge in [-0.25, -0.2) is 4.39 Å². The fourth-order valence-electron chi connectivity index (χ4n) is 2.41. The van der Waals surface area contributed by atoms with E-state index in [1.165, 1.54) is 12.1 Å². The van der Waals surface area contributed by atoms with Crippen LogP contribution in [0.2, 0.25) is 0 Å². The molecule has 0 spiro atoms. The summed E-state index contributed by atoms with van der Waals surface area (Å²) in [7, 11) is 0. The number of benzene rings is 1. The van der Waals surface area contributed by atoms with Crippen LogP contribution in [0.5, 0.6) is 0 Å². The fourth-order valence-corrected chi connectivity index (χ4v) is 2.41. The van der Waals surface area contributed by atoms with Crippen LogP contribution in [0.25, 0.3) is 11.3 Å². The van der Waals surface area contributed by atoms with Gasteiger partial charge in [0.1, 0.15) is 11.5 Å². The Balaban J connectivity index is 1.70. The molecule has 0 fully saturated rings. The van der Waals surface area contributed by atoms with E-state index in [0.717, 1.165) is 5.56 Å². The smallest absolute Gasteiger partial charge is 0.269 e. The Bertz CT molecular complexity index is 825. The third-order valence-electron chi connectivity index (χ3n) is 3.94. The molecule has 0 aliphatic rings. The quantitative estimate of drug-likeness (QED) is 0.719. The van der Waals surface area contributed by atoms with Crippen LogP contribution >= 0.6 is 0 Å². The summed E-state index contributed by atoms with van der Waals surface area (Å²) < 4.78 is 14.7. The highest BCUT2D eigenvalue weighted by atomic mass is 19.1. The molecule has 25 heavy (non-hydrogen) atoms. The molecule has 3 rings (SSSR count). The Morgan fingerprint density at radius 2 is 2.08 bits per heavy atom. The summed E-state index contributed by atoms with van der Waals surface area (Å²) in [6, 6.07) is 7.50. The van der Waals surface area contributed by atoms with Crippen molar-refractivity contribution in [1.82, 2.24) is 30.5 Å². The van der Waals surface area contributed by atoms with Crippen LogP contribution in [0.15, 0.2) is 42.7 Å². The van der Waals surface area contributed by atoms with E-state index in [1.54, 1.807) is 35.3 Å². The maximum Gasteiger partial charge on any atom is 0.269 e. The van der Waals surface area contributed by atoms with E-state index in [2.05, 4.69) is 25.8 Å². The fraction of sp³-hybridized carbons (Fsp3) is 0.294. The summed E-state index contributed by atoms with van der Waals surface area (Å²) in [6.45, 7) is 4.58. The lowest BCUT2D eigenvalue weighted by Crippen LogP contribution is -2.41. The molecule has 3 aromatic rings. The van der Waals surface area contributed by atoms with Gasteiger partial charge in [0, 0.05) is 11.8 Å². The lowest BCUT2D eigenvalue weighted by molar-refractivity contribution is 0.0914. The molecular weight excluding hydrogens is 323 g/mol. The summed E-state index contributed by atoms with van der Waals surface area (Å²) in [5.41, 5.74) is 1.67. The van der Waals surface area contributed by atoms with Gasteiger partial charge in [-0.15, -0.1) is 5.10 Å². The number of aromatic amines is 1. The van der Waals surface area contributed by atoms with Crippen molar-refractivity contribution < 1.29 is 9.18 Å². The minimum absolute atomic E-state index is 0.105. The number of amides is 1. The zero-order valence-corrected chi connectivity index (χ0v) is 14.0. The molecule has 2 aromatic heterocycles. The van der Waals surface area contributed by atoms with Crippen LogP contribution in [-0.2, 0) is 6.54 Å². The molecule has 0 bridgehead atoms. The minimum atomic E-state index is -0.315. The Hall–Kier alpha value is -3.03. The lowest BCUT2D eigenvalue weighted by Gasteiger charge is -2.21. The number of rotatable bonds is 6. The first-order valence-electron chi connectivity index (χ1n) is 7.99. The predicted octanol–water partition coefficient (Wildman–Crippen LogP) is 2.26. The van der Waals surface area contributed by atoms with E-state index in [1.807, 2.05) is 13.8 Å². The van der Waals surface area contributed by atoms with Crippen LogP contribution in [0, 0.1) is 11.7 Å². The topological polar surface area (TPSA) is 88.5 Å². The normalized spacial score (nSPS) is 12.3. The van der Waals surface area contributed by atoms with Gasteiger partial charge in [-0.1, -0.05) is 19.1 Å². The van der Waals surface area contributed by atoms with Crippen molar-refractivity contribution in [2.45, 2.75) is 26.4 Å². The second-order valence-electron chi connectivity index (χ2n) is 6.12. The third kappa shape index (κ3) is 4.09. The molecule has 2 N–H and O–H groups in total. The number of halogens is 1. The van der Waals surface area contributed by atoms with Gasteiger partial charge in [-0.05, 0) is 36.2 Å². The predicted molar refractivity (Wildman–Crippen MR) is 90.1 cm³/mol. The van der Waals surface area contributed by atoms with E-state index in [-0.39, 0.29) is 23.7 Å². The highest BCUT2D eigenvalue weighted by Crippen LogP contribution is 2.18. The van der Waals surface area contributed by atoms with Gasteiger partial charge in [0.25, 0.3) is 5.91 Å². The first-order chi connectivity index (χ1) is 12.0. The average Bonchev–Trinajstić information content (AvgIpc) is 3.26. The van der Waals surface area contributed by atoms with Crippen LogP contribution in [-0.4, -0.2) is 37.1 Å². The Labute approximate surface area is 144 Å². The van der Waals surface area contributed by atoms with E-state index in [4.69, 9.17) is 0 Å². The van der Waals surface area contributed by atoms with Crippen LogP contribution in [0.1, 0.15) is 24.3 Å². The molecule has 1 amide bonds. The average molecular weight is 342 g/mol. The van der Waals surface area contributed by atoms with Crippen molar-refractivity contribution in [2.24, 2.45) is 5.92 Å². The van der Waals surface area contributed by atoms with Gasteiger partial charge in [0.05, 0.1) is 24.5 Å². The molecule has 0 unspecified atom stereocenters. The number of hydrogen-bond donors (Lipinski definition) is 2. The van der Waals surface area contributed by atoms with Crippen molar-refractivity contribution in [3.05, 3.63) is 54.2 Å². The highest BCUT2D eigenvalue weighted by molar-refractivity contribution is 5.93. The molecule has 0 aliphatic heterocycles. The van der Waals surface area contributed by atoms with E-state index in [0.29, 0.717) is 17.9 Å². The SMILES string of the molecule is CC(C)[C@H](Cn1ccnn1)NC(=O)c1cc(-c2ccc(F)cc2)n[nH]1. The zero-order chi connectivity index (χ0) is 17.8. The molecule has 0 radical (unpaired) electrons. The van der Waals surface area contributed by atoms with Crippen LogP contribution < -0.4 is 5.32 Å². The molecule has 0 aliphatic carbocycles. The molecule has 130 valence electrons. The molecule has 2 heterocycles. The summed E-state index contributed by atoms with van der Waals surface area (Å²) in [6.07, 6.45) is 3.35. The molecule has 0 saturated heterocycles. The van der Waals surface area contributed by atoms with Crippen LogP contribution in [0.4, 0.5) is 4.39 Å². The van der Waals surface area contributed by atoms with Gasteiger partial charge >= 0.3 is 0 Å². The van der Waals surface area contributed by atoms with Crippen molar-refractivity contribution in [2.75, 3.05) is 0 Å². The molecule has 1 atom stereocenters. The minimum Gasteiger partial charge on any atom is -0.346 e. The maximum atomic E-state index is 13.0. The summed E-state index contributed by atoms with van der Waals surface area (Å²) in [5.74, 6) is -0.350. The number of nitrogens with one attached hydrogen (secondary N) is 2. The molecular formula is C17H19FN6O. The summed E-state index contributed by atoms with van der Waals surface area (Å²) >= 11 is 0. The zero-order valence-electron chi connectivity index (χ0n) is 14.0. The van der Waals surface area contributed by atoms with Crippen molar-refractivity contribution in [3.63, 3.8) is 0 Å². The lowest BCUT2D eigenvalue weighted by atomic mass is 10.0. The highest BCUT2D eigenvalue weighted by Gasteiger charge is 2.19. The largest absolute Gasteiger partial charge is 0.346 e. The Morgan fingerprint density at radius 3 is 2.72 bits per heavy atom. The van der Waals surface area contributed by atoms with Gasteiger partial charge in [0.2, 0.25) is 0 Å². The first kappa shape index (κ1) is 16.8. The second-order valence-corrected chi connectivity index (χ2v) is 6.12. The summed E-state index contributed by atoms with van der Waals surface area (Å²) in [4.78, 5) is 12.5. The van der Waals surface area contributed by atoms with Crippen molar-refractivity contribution in [1.29, 1.82) is 0 Å². The van der Waals surface area contributed by atoms with Crippen LogP contribution in [0.3, 0.4) is 0 Å². The van der Waals surface area contributed by atoms with Gasteiger partial charge in [-0.3, -0.25) is 14.6 Å². The second kappa shape index (κ2) is 7.25. The number of hydrogen-bond acceptors (Lipinski definition) is 4. The number of H-pyrrole nitrogens is 1. The first-order valence-corrected chi connectivity index (χ1v) is 7.99. The van der Waals surface area contributed by atoms with E-state index >= 15 is 0 Å². The Morgan fingerprint density at radius 1 is 1.32 bits per heavy atom. The Kier molecular flexibility index (Phi) is 4.87. The standard InChI is InChI=1S/C17H19FN6O/c1-11(2)16(10-24-8-7-19-23-24)20-17(25)15-9-14(21-22-15)12-3-5-13(18)6-4-12/h3-9,11,16H,10H2,1-2H3,(H,20,25)(H,21,22)/t16-/m0/s1. The molecule has 1 aromatic carbocycles. The number of aromatic nitrogens is 5. The number of carbonyl (C=O) groups is 1. The molecule has 7 nitrogen and oxygen atoms in total. The monoisotopic (exact) mass is 342 g/mol. The van der Waals surface area contributed by atoms with Gasteiger partial charge < -0.3 is 5.32 Å². The van der Waals surface area contributed by atoms with E-state index < -0.39 is 0 Å². The third-order valence-corrected chi connectivity index (χ3v) is 3.94. The van der Waals surface area contributed by atoms with Crippen molar-refractivity contribution in [3.8, 4) is 11.3 Å². The summed E-state index contributed by atoms with van der Waals surface area (Å²) in [5, 5.41) is 17.6. The van der Waals surface area contributed by atoms with Gasteiger partial charge in [-0.2, -0.15) is 5.10 Å². The number of carbonyl (C=O) groups excluding carboxylic acids is 1. The maximum absolute atomic E-state index is 13.0. The number of nitrogens with zero attached hydrogens (tertiary/aromatic N) is 4. The van der Waals surface area contributed by atoms with Crippen molar-refractivity contribution >= 4 is 5.91 Å². The molecule has 0 saturated carbocycles.